The lowest BCUT2D eigenvalue weighted by molar-refractivity contribution is 0.617. The topological polar surface area (TPSA) is 30.7 Å². The van der Waals surface area contributed by atoms with Crippen molar-refractivity contribution >= 4 is 23.4 Å². The Morgan fingerprint density at radius 2 is 2.00 bits per heavy atom. The molecule has 0 unspecified atom stereocenters. The predicted molar refractivity (Wildman–Crippen MR) is 92.1 cm³/mol. The third-order valence-electron chi connectivity index (χ3n) is 3.48. The molecule has 23 heavy (non-hydrogen) atoms. The Morgan fingerprint density at radius 1 is 1.17 bits per heavy atom. The van der Waals surface area contributed by atoms with Crippen molar-refractivity contribution in [1.82, 2.24) is 14.8 Å². The predicted octanol–water partition coefficient (Wildman–Crippen LogP) is 4.88. The van der Waals surface area contributed by atoms with Crippen LogP contribution in [0.25, 0.3) is 11.4 Å². The van der Waals surface area contributed by atoms with Crippen LogP contribution in [0.2, 0.25) is 5.02 Å². The van der Waals surface area contributed by atoms with Gasteiger partial charge < -0.3 is 4.57 Å². The van der Waals surface area contributed by atoms with E-state index in [1.165, 1.54) is 23.4 Å². The highest BCUT2D eigenvalue weighted by atomic mass is 35.5. The molecule has 2 aromatic carbocycles. The van der Waals surface area contributed by atoms with E-state index in [1.54, 1.807) is 12.1 Å². The van der Waals surface area contributed by atoms with Gasteiger partial charge >= 0.3 is 0 Å². The molecule has 0 bridgehead atoms. The van der Waals surface area contributed by atoms with Crippen LogP contribution in [0.5, 0.6) is 0 Å². The lowest BCUT2D eigenvalue weighted by Gasteiger charge is -2.05. The second-order valence-electron chi connectivity index (χ2n) is 5.26. The molecule has 118 valence electrons. The molecule has 3 rings (SSSR count). The zero-order chi connectivity index (χ0) is 16.4. The fraction of sp³-hybridized carbons (Fsp3) is 0.176. The summed E-state index contributed by atoms with van der Waals surface area (Å²) in [5.41, 5.74) is 2.78. The van der Waals surface area contributed by atoms with E-state index in [1.807, 2.05) is 36.7 Å². The molecule has 6 heteroatoms. The zero-order valence-corrected chi connectivity index (χ0v) is 14.3. The Balaban J connectivity index is 1.80. The van der Waals surface area contributed by atoms with Crippen molar-refractivity contribution in [2.75, 3.05) is 0 Å². The van der Waals surface area contributed by atoms with Crippen LogP contribution in [0.4, 0.5) is 4.39 Å². The number of rotatable bonds is 4. The monoisotopic (exact) mass is 347 g/mol. The molecule has 0 saturated heterocycles. The number of thioether (sulfide) groups is 1. The molecule has 0 spiro atoms. The summed E-state index contributed by atoms with van der Waals surface area (Å²) in [6, 6.07) is 12.8. The van der Waals surface area contributed by atoms with Crippen molar-refractivity contribution in [3.8, 4) is 11.4 Å². The van der Waals surface area contributed by atoms with Crippen LogP contribution in [0.1, 0.15) is 11.1 Å². The number of aromatic nitrogens is 3. The molecule has 0 N–H and O–H groups in total. The number of aryl methyl sites for hydroxylation is 1. The van der Waals surface area contributed by atoms with E-state index in [2.05, 4.69) is 16.3 Å². The molecule has 0 aliphatic rings. The van der Waals surface area contributed by atoms with Crippen LogP contribution < -0.4 is 0 Å². The first kappa shape index (κ1) is 16.0. The summed E-state index contributed by atoms with van der Waals surface area (Å²) in [4.78, 5) is 0. The summed E-state index contributed by atoms with van der Waals surface area (Å²) < 4.78 is 15.8. The van der Waals surface area contributed by atoms with E-state index in [-0.39, 0.29) is 5.82 Å². The minimum atomic E-state index is -0.300. The fourth-order valence-electron chi connectivity index (χ4n) is 2.26. The Labute approximate surface area is 143 Å². The molecular weight excluding hydrogens is 333 g/mol. The third kappa shape index (κ3) is 3.57. The Bertz CT molecular complexity index is 848. The van der Waals surface area contributed by atoms with Crippen LogP contribution in [0, 0.1) is 12.7 Å². The second-order valence-corrected chi connectivity index (χ2v) is 6.64. The van der Waals surface area contributed by atoms with Gasteiger partial charge in [-0.15, -0.1) is 10.2 Å². The van der Waals surface area contributed by atoms with Crippen molar-refractivity contribution in [3.63, 3.8) is 0 Å². The highest BCUT2D eigenvalue weighted by Crippen LogP contribution is 2.27. The average molecular weight is 348 g/mol. The lowest BCUT2D eigenvalue weighted by atomic mass is 10.1. The average Bonchev–Trinajstić information content (AvgIpc) is 2.87. The van der Waals surface area contributed by atoms with Crippen LogP contribution in [-0.4, -0.2) is 14.8 Å². The van der Waals surface area contributed by atoms with Crippen molar-refractivity contribution < 1.29 is 4.39 Å². The smallest absolute Gasteiger partial charge is 0.191 e. The Kier molecular flexibility index (Phi) is 4.68. The Morgan fingerprint density at radius 3 is 2.74 bits per heavy atom. The van der Waals surface area contributed by atoms with Gasteiger partial charge in [0.1, 0.15) is 5.82 Å². The van der Waals surface area contributed by atoms with Gasteiger partial charge in [-0.3, -0.25) is 0 Å². The van der Waals surface area contributed by atoms with Crippen molar-refractivity contribution in [3.05, 3.63) is 64.4 Å². The quantitative estimate of drug-likeness (QED) is 0.630. The lowest BCUT2D eigenvalue weighted by Crippen LogP contribution is -1.96. The summed E-state index contributed by atoms with van der Waals surface area (Å²) >= 11 is 7.22. The van der Waals surface area contributed by atoms with E-state index >= 15 is 0 Å². The van der Waals surface area contributed by atoms with E-state index in [0.717, 1.165) is 16.5 Å². The van der Waals surface area contributed by atoms with Crippen molar-refractivity contribution in [2.45, 2.75) is 17.8 Å². The maximum Gasteiger partial charge on any atom is 0.191 e. The molecule has 0 atom stereocenters. The van der Waals surface area contributed by atoms with Crippen molar-refractivity contribution in [2.24, 2.45) is 7.05 Å². The largest absolute Gasteiger partial charge is 0.305 e. The maximum absolute atomic E-state index is 13.8. The molecule has 0 saturated carbocycles. The molecule has 3 aromatic rings. The summed E-state index contributed by atoms with van der Waals surface area (Å²) in [5, 5.41) is 9.61. The standard InChI is InChI=1S/C17H15ClFN3S/c1-11-4-3-5-12(8-11)16-20-21-17(22(16)2)23-10-13-6-7-14(18)9-15(13)19/h3-9H,10H2,1-2H3. The van der Waals surface area contributed by atoms with Crippen LogP contribution in [0.3, 0.4) is 0 Å². The number of hydrogen-bond acceptors (Lipinski definition) is 3. The van der Waals surface area contributed by atoms with Crippen LogP contribution >= 0.6 is 23.4 Å². The van der Waals surface area contributed by atoms with Gasteiger partial charge in [-0.25, -0.2) is 4.39 Å². The third-order valence-corrected chi connectivity index (χ3v) is 4.79. The van der Waals surface area contributed by atoms with Gasteiger partial charge in [0.25, 0.3) is 0 Å². The Hall–Kier alpha value is -1.85. The van der Waals surface area contributed by atoms with Gasteiger partial charge in [0.05, 0.1) is 0 Å². The molecule has 1 aromatic heterocycles. The molecule has 0 amide bonds. The van der Waals surface area contributed by atoms with Gasteiger partial charge in [0.2, 0.25) is 0 Å². The molecule has 0 radical (unpaired) electrons. The van der Waals surface area contributed by atoms with Crippen LogP contribution in [0.15, 0.2) is 47.6 Å². The second kappa shape index (κ2) is 6.72. The number of benzene rings is 2. The molecule has 0 aliphatic carbocycles. The number of halogens is 2. The summed E-state index contributed by atoms with van der Waals surface area (Å²) in [5.74, 6) is 0.974. The first-order valence-corrected chi connectivity index (χ1v) is 8.44. The molecule has 0 fully saturated rings. The zero-order valence-electron chi connectivity index (χ0n) is 12.8. The number of nitrogens with zero attached hydrogens (tertiary/aromatic N) is 3. The highest BCUT2D eigenvalue weighted by molar-refractivity contribution is 7.98. The first-order chi connectivity index (χ1) is 11.0. The van der Waals surface area contributed by atoms with Gasteiger partial charge in [-0.05, 0) is 30.7 Å². The molecule has 3 nitrogen and oxygen atoms in total. The molecule has 1 heterocycles. The summed E-state index contributed by atoms with van der Waals surface area (Å²) in [6.07, 6.45) is 0. The van der Waals surface area contributed by atoms with E-state index < -0.39 is 0 Å². The van der Waals surface area contributed by atoms with Gasteiger partial charge in [0, 0.05) is 23.4 Å². The fourth-order valence-corrected chi connectivity index (χ4v) is 3.31. The summed E-state index contributed by atoms with van der Waals surface area (Å²) in [6.45, 7) is 2.04. The van der Waals surface area contributed by atoms with Crippen molar-refractivity contribution in [1.29, 1.82) is 0 Å². The number of hydrogen-bond donors (Lipinski definition) is 0. The summed E-state index contributed by atoms with van der Waals surface area (Å²) in [7, 11) is 1.91. The highest BCUT2D eigenvalue weighted by Gasteiger charge is 2.12. The molecular formula is C17H15ClFN3S. The normalized spacial score (nSPS) is 11.0. The van der Waals surface area contributed by atoms with E-state index in [0.29, 0.717) is 16.3 Å². The van der Waals surface area contributed by atoms with Gasteiger partial charge in [0.15, 0.2) is 11.0 Å². The van der Waals surface area contributed by atoms with E-state index in [9.17, 15) is 4.39 Å². The maximum atomic E-state index is 13.8. The van der Waals surface area contributed by atoms with Crippen LogP contribution in [-0.2, 0) is 12.8 Å². The minimum Gasteiger partial charge on any atom is -0.305 e. The SMILES string of the molecule is Cc1cccc(-c2nnc(SCc3ccc(Cl)cc3F)n2C)c1. The van der Waals surface area contributed by atoms with Gasteiger partial charge in [-0.2, -0.15) is 0 Å². The van der Waals surface area contributed by atoms with Gasteiger partial charge in [-0.1, -0.05) is 53.2 Å². The van der Waals surface area contributed by atoms with E-state index in [4.69, 9.17) is 11.6 Å². The first-order valence-electron chi connectivity index (χ1n) is 7.08. The molecule has 0 aliphatic heterocycles. The minimum absolute atomic E-state index is 0.300.